The van der Waals surface area contributed by atoms with Gasteiger partial charge >= 0.3 is 0 Å². The lowest BCUT2D eigenvalue weighted by atomic mass is 9.92. The number of nitrogens with one attached hydrogen (secondary N) is 2. The number of hydrogen-bond acceptors (Lipinski definition) is 8. The van der Waals surface area contributed by atoms with Crippen LogP contribution < -0.4 is 25.8 Å². The molecule has 1 fully saturated rings. The van der Waals surface area contributed by atoms with Crippen LogP contribution in [0, 0.1) is 0 Å². The van der Waals surface area contributed by atoms with Gasteiger partial charge in [0.15, 0.2) is 28.5 Å². The number of hydrogen-bond donors (Lipinski definition) is 3. The molecule has 34 heavy (non-hydrogen) atoms. The topological polar surface area (TPSA) is 112 Å². The predicted molar refractivity (Wildman–Crippen MR) is 141 cm³/mol. The monoisotopic (exact) mass is 511 g/mol. The summed E-state index contributed by atoms with van der Waals surface area (Å²) in [6.45, 7) is 4.75. The molecular weight excluding hydrogens is 477 g/mol. The zero-order valence-electron chi connectivity index (χ0n) is 20.1. The smallest absolute Gasteiger partial charge is 0.227 e. The molecule has 0 spiro atoms. The van der Waals surface area contributed by atoms with E-state index in [2.05, 4.69) is 34.0 Å². The fourth-order valence-electron chi connectivity index (χ4n) is 4.20. The largest absolute Gasteiger partial charge is 0.493 e. The second-order valence-corrected chi connectivity index (χ2v) is 8.58. The Labute approximate surface area is 213 Å². The number of halogens is 2. The Morgan fingerprint density at radius 3 is 2.47 bits per heavy atom. The third kappa shape index (κ3) is 5.95. The fourth-order valence-corrected chi connectivity index (χ4v) is 4.20. The molecule has 188 valence electrons. The number of rotatable bonds is 8. The van der Waals surface area contributed by atoms with Gasteiger partial charge in [0.05, 0.1) is 20.5 Å². The Hall–Kier alpha value is -2.49. The molecule has 1 aliphatic carbocycles. The van der Waals surface area contributed by atoms with Gasteiger partial charge in [-0.15, -0.1) is 24.8 Å². The first-order valence-corrected chi connectivity index (χ1v) is 11.2. The summed E-state index contributed by atoms with van der Waals surface area (Å²) in [5.74, 6) is 2.70. The average Bonchev–Trinajstić information content (AvgIpc) is 3.23. The number of fused-ring (bicyclic) bond motifs is 1. The number of imidazole rings is 1. The third-order valence-corrected chi connectivity index (χ3v) is 6.01. The van der Waals surface area contributed by atoms with Crippen molar-refractivity contribution in [2.24, 2.45) is 5.73 Å². The summed E-state index contributed by atoms with van der Waals surface area (Å²) < 4.78 is 13.1. The minimum Gasteiger partial charge on any atom is -0.493 e. The van der Waals surface area contributed by atoms with Crippen molar-refractivity contribution in [3.05, 3.63) is 30.1 Å². The normalized spacial score (nSPS) is 17.6. The molecule has 0 amide bonds. The number of ether oxygens (including phenoxy) is 2. The van der Waals surface area contributed by atoms with Crippen LogP contribution in [-0.4, -0.2) is 45.8 Å². The number of anilines is 2. The molecule has 3 aromatic rings. The van der Waals surface area contributed by atoms with E-state index in [-0.39, 0.29) is 30.9 Å². The number of aromatic nitrogens is 4. The molecule has 4 N–H and O–H groups in total. The van der Waals surface area contributed by atoms with E-state index in [9.17, 15) is 0 Å². The highest BCUT2D eigenvalue weighted by molar-refractivity contribution is 5.86. The quantitative estimate of drug-likeness (QED) is 0.403. The molecule has 4 rings (SSSR count). The zero-order valence-corrected chi connectivity index (χ0v) is 21.7. The van der Waals surface area contributed by atoms with Crippen molar-refractivity contribution < 1.29 is 9.47 Å². The van der Waals surface area contributed by atoms with E-state index >= 15 is 0 Å². The van der Waals surface area contributed by atoms with E-state index in [4.69, 9.17) is 25.2 Å². The maximum atomic E-state index is 6.07. The van der Waals surface area contributed by atoms with E-state index < -0.39 is 0 Å². The molecule has 1 aromatic carbocycles. The Balaban J connectivity index is 0.00000204. The molecule has 1 saturated carbocycles. The van der Waals surface area contributed by atoms with Crippen molar-refractivity contribution in [1.82, 2.24) is 19.5 Å². The van der Waals surface area contributed by atoms with E-state index in [1.54, 1.807) is 14.2 Å². The van der Waals surface area contributed by atoms with E-state index in [0.717, 1.165) is 42.4 Å². The van der Waals surface area contributed by atoms with Crippen LogP contribution in [0.4, 0.5) is 11.8 Å². The first-order valence-electron chi connectivity index (χ1n) is 11.2. The van der Waals surface area contributed by atoms with Crippen LogP contribution in [0.1, 0.15) is 51.1 Å². The summed E-state index contributed by atoms with van der Waals surface area (Å²) >= 11 is 0. The Kier molecular flexibility index (Phi) is 10.0. The fraction of sp³-hybridized carbons (Fsp3) is 0.522. The zero-order chi connectivity index (χ0) is 22.7. The molecule has 0 aliphatic heterocycles. The van der Waals surface area contributed by atoms with E-state index in [1.807, 2.05) is 24.5 Å². The van der Waals surface area contributed by atoms with Crippen molar-refractivity contribution in [2.75, 3.05) is 24.9 Å². The van der Waals surface area contributed by atoms with Gasteiger partial charge in [0.2, 0.25) is 5.95 Å². The van der Waals surface area contributed by atoms with Crippen molar-refractivity contribution in [3.63, 3.8) is 0 Å². The number of para-hydroxylation sites is 1. The van der Waals surface area contributed by atoms with Gasteiger partial charge in [-0.1, -0.05) is 12.1 Å². The van der Waals surface area contributed by atoms with Gasteiger partial charge in [-0.2, -0.15) is 9.97 Å². The van der Waals surface area contributed by atoms with Crippen LogP contribution in [0.3, 0.4) is 0 Å². The molecule has 0 atom stereocenters. The standard InChI is InChI=1S/C23H33N7O2.2ClH/c1-14(2)30-13-26-19-21(25-12-15-6-5-7-18(31-3)20(15)32-4)28-23(29-22(19)30)27-17-10-8-16(24)9-11-17;;/h5-7,13-14,16-17H,8-12,24H2,1-4H3,(H2,25,27,28,29);2*1H. The van der Waals surface area contributed by atoms with Crippen LogP contribution in [-0.2, 0) is 6.54 Å². The minimum atomic E-state index is 0. The molecule has 0 unspecified atom stereocenters. The predicted octanol–water partition coefficient (Wildman–Crippen LogP) is 4.56. The Bertz CT molecular complexity index is 1070. The minimum absolute atomic E-state index is 0. The van der Waals surface area contributed by atoms with Crippen molar-refractivity contribution in [2.45, 2.75) is 64.2 Å². The highest BCUT2D eigenvalue weighted by Crippen LogP contribution is 2.32. The Morgan fingerprint density at radius 1 is 1.09 bits per heavy atom. The summed E-state index contributed by atoms with van der Waals surface area (Å²) in [5.41, 5.74) is 8.59. The van der Waals surface area contributed by atoms with Crippen molar-refractivity contribution >= 4 is 47.7 Å². The van der Waals surface area contributed by atoms with E-state index in [1.165, 1.54) is 0 Å². The van der Waals surface area contributed by atoms with Crippen LogP contribution in [0.2, 0.25) is 0 Å². The summed E-state index contributed by atoms with van der Waals surface area (Å²) in [7, 11) is 3.28. The first kappa shape index (κ1) is 27.8. The molecule has 1 aliphatic rings. The van der Waals surface area contributed by atoms with Crippen LogP contribution >= 0.6 is 24.8 Å². The molecule has 11 heteroatoms. The number of nitrogens with zero attached hydrogens (tertiary/aromatic N) is 4. The van der Waals surface area contributed by atoms with Gasteiger partial charge in [-0.05, 0) is 45.6 Å². The maximum absolute atomic E-state index is 6.07. The third-order valence-electron chi connectivity index (χ3n) is 6.01. The summed E-state index contributed by atoms with van der Waals surface area (Å²) in [5, 5.41) is 6.97. The van der Waals surface area contributed by atoms with Gasteiger partial charge in [-0.25, -0.2) is 4.98 Å². The maximum Gasteiger partial charge on any atom is 0.227 e. The summed E-state index contributed by atoms with van der Waals surface area (Å²) in [6.07, 6.45) is 5.91. The molecular formula is C23H35Cl2N7O2. The highest BCUT2D eigenvalue weighted by Gasteiger charge is 2.21. The van der Waals surface area contributed by atoms with Crippen molar-refractivity contribution in [3.8, 4) is 11.5 Å². The molecule has 2 aromatic heterocycles. The van der Waals surface area contributed by atoms with Crippen LogP contribution in [0.15, 0.2) is 24.5 Å². The van der Waals surface area contributed by atoms with E-state index in [0.29, 0.717) is 41.9 Å². The SMILES string of the molecule is COc1cccc(CNc2nc(NC3CCC(N)CC3)nc3c2ncn3C(C)C)c1OC.Cl.Cl. The number of methoxy groups -OCH3 is 2. The van der Waals surface area contributed by atoms with Gasteiger partial charge < -0.3 is 30.4 Å². The van der Waals surface area contributed by atoms with Gasteiger partial charge in [-0.3, -0.25) is 0 Å². The van der Waals surface area contributed by atoms with Crippen LogP contribution in [0.25, 0.3) is 11.2 Å². The lowest BCUT2D eigenvalue weighted by Crippen LogP contribution is -2.33. The molecule has 0 radical (unpaired) electrons. The van der Waals surface area contributed by atoms with Gasteiger partial charge in [0.25, 0.3) is 0 Å². The first-order chi connectivity index (χ1) is 15.5. The average molecular weight is 512 g/mol. The van der Waals surface area contributed by atoms with Gasteiger partial charge in [0.1, 0.15) is 0 Å². The molecule has 9 nitrogen and oxygen atoms in total. The molecule has 0 bridgehead atoms. The second-order valence-electron chi connectivity index (χ2n) is 8.58. The van der Waals surface area contributed by atoms with Crippen molar-refractivity contribution in [1.29, 1.82) is 0 Å². The number of nitrogens with two attached hydrogens (primary N) is 1. The Morgan fingerprint density at radius 2 is 1.82 bits per heavy atom. The summed E-state index contributed by atoms with van der Waals surface area (Å²) in [4.78, 5) is 14.2. The summed E-state index contributed by atoms with van der Waals surface area (Å²) in [6, 6.07) is 6.70. The van der Waals surface area contributed by atoms with Gasteiger partial charge in [0, 0.05) is 30.2 Å². The highest BCUT2D eigenvalue weighted by atomic mass is 35.5. The number of benzene rings is 1. The lowest BCUT2D eigenvalue weighted by molar-refractivity contribution is 0.352. The lowest BCUT2D eigenvalue weighted by Gasteiger charge is -2.27. The van der Waals surface area contributed by atoms with Crippen LogP contribution in [0.5, 0.6) is 11.5 Å². The molecule has 0 saturated heterocycles. The second kappa shape index (κ2) is 12.3. The molecule has 2 heterocycles.